The Balaban J connectivity index is 1.78. The molecule has 1 heterocycles. The van der Waals surface area contributed by atoms with Crippen molar-refractivity contribution in [1.29, 1.82) is 5.41 Å². The zero-order chi connectivity index (χ0) is 25.1. The predicted molar refractivity (Wildman–Crippen MR) is 126 cm³/mol. The minimum absolute atomic E-state index is 0.111. The van der Waals surface area contributed by atoms with Gasteiger partial charge in [0.25, 0.3) is 5.91 Å². The Bertz CT molecular complexity index is 1220. The van der Waals surface area contributed by atoms with Gasteiger partial charge in [0, 0.05) is 23.2 Å². The highest BCUT2D eigenvalue weighted by atomic mass is 19.4. The molecule has 1 aromatic heterocycles. The van der Waals surface area contributed by atoms with Crippen molar-refractivity contribution in [3.63, 3.8) is 0 Å². The lowest BCUT2D eigenvalue weighted by Crippen LogP contribution is -2.28. The summed E-state index contributed by atoms with van der Waals surface area (Å²) in [6, 6.07) is 10.9. The van der Waals surface area contributed by atoms with Crippen LogP contribution in [0, 0.1) is 5.41 Å². The fourth-order valence-corrected chi connectivity index (χ4v) is 3.24. The van der Waals surface area contributed by atoms with Gasteiger partial charge in [-0.2, -0.15) is 13.2 Å². The first-order valence-corrected chi connectivity index (χ1v) is 10.4. The van der Waals surface area contributed by atoms with Crippen LogP contribution in [0.5, 0.6) is 0 Å². The molecule has 0 bridgehead atoms. The van der Waals surface area contributed by atoms with Crippen LogP contribution in [0.2, 0.25) is 0 Å². The van der Waals surface area contributed by atoms with Crippen LogP contribution in [0.1, 0.15) is 47.8 Å². The molecule has 0 aliphatic rings. The van der Waals surface area contributed by atoms with Gasteiger partial charge in [-0.1, -0.05) is 18.2 Å². The van der Waals surface area contributed by atoms with Crippen LogP contribution in [0.25, 0.3) is 0 Å². The number of nitrogens with zero attached hydrogens (tertiary/aromatic N) is 2. The number of nitrogens with one attached hydrogen (secondary N) is 3. The maximum atomic E-state index is 12.9. The first-order chi connectivity index (χ1) is 15.8. The van der Waals surface area contributed by atoms with Crippen LogP contribution in [0.4, 0.5) is 30.5 Å². The highest BCUT2D eigenvalue weighted by Gasteiger charge is 2.31. The van der Waals surface area contributed by atoms with Crippen LogP contribution < -0.4 is 16.4 Å². The lowest BCUT2D eigenvalue weighted by molar-refractivity contribution is -0.137. The van der Waals surface area contributed by atoms with Gasteiger partial charge in [-0.15, -0.1) is 0 Å². The van der Waals surface area contributed by atoms with Gasteiger partial charge in [0.1, 0.15) is 18.0 Å². The molecule has 5 N–H and O–H groups in total. The number of hydrogen-bond acceptors (Lipinski definition) is 6. The molecule has 7 nitrogen and oxygen atoms in total. The molecule has 0 spiro atoms. The van der Waals surface area contributed by atoms with Crippen molar-refractivity contribution < 1.29 is 18.0 Å². The normalized spacial score (nSPS) is 11.7. The Labute approximate surface area is 195 Å². The Morgan fingerprint density at radius 2 is 1.76 bits per heavy atom. The van der Waals surface area contributed by atoms with Crippen molar-refractivity contribution in [3.8, 4) is 0 Å². The number of hydrogen-bond donors (Lipinski definition) is 4. The van der Waals surface area contributed by atoms with Crippen LogP contribution in [-0.4, -0.2) is 27.1 Å². The number of nitrogen functional groups attached to an aromatic ring is 1. The molecular weight excluding hydrogens is 445 g/mol. The number of amides is 1. The smallest absolute Gasteiger partial charge is 0.383 e. The van der Waals surface area contributed by atoms with Gasteiger partial charge in [0.15, 0.2) is 0 Å². The Morgan fingerprint density at radius 3 is 2.44 bits per heavy atom. The molecule has 0 fully saturated rings. The van der Waals surface area contributed by atoms with E-state index in [-0.39, 0.29) is 29.1 Å². The van der Waals surface area contributed by atoms with Gasteiger partial charge in [0.05, 0.1) is 16.8 Å². The number of alkyl halides is 3. The Kier molecular flexibility index (Phi) is 6.90. The summed E-state index contributed by atoms with van der Waals surface area (Å²) in [5, 5.41) is 14.4. The maximum absolute atomic E-state index is 12.9. The minimum Gasteiger partial charge on any atom is -0.383 e. The lowest BCUT2D eigenvalue weighted by atomic mass is 10.0. The van der Waals surface area contributed by atoms with Crippen molar-refractivity contribution in [2.75, 3.05) is 16.4 Å². The molecule has 178 valence electrons. The van der Waals surface area contributed by atoms with Gasteiger partial charge in [-0.25, -0.2) is 9.97 Å². The molecule has 10 heteroatoms. The van der Waals surface area contributed by atoms with E-state index >= 15 is 0 Å². The third-order valence-corrected chi connectivity index (χ3v) is 4.69. The number of carbonyl (C=O) groups is 1. The lowest BCUT2D eigenvalue weighted by Gasteiger charge is -2.23. The molecule has 3 rings (SSSR count). The second-order valence-corrected chi connectivity index (χ2v) is 8.75. The van der Waals surface area contributed by atoms with E-state index in [1.54, 1.807) is 24.3 Å². The average molecular weight is 470 g/mol. The molecule has 0 radical (unpaired) electrons. The van der Waals surface area contributed by atoms with E-state index in [9.17, 15) is 18.0 Å². The highest BCUT2D eigenvalue weighted by molar-refractivity contribution is 6.07. The summed E-state index contributed by atoms with van der Waals surface area (Å²) < 4.78 is 38.8. The Morgan fingerprint density at radius 1 is 1.06 bits per heavy atom. The number of halogens is 3. The quantitative estimate of drug-likeness (QED) is 0.372. The van der Waals surface area contributed by atoms with E-state index in [1.165, 1.54) is 18.5 Å². The van der Waals surface area contributed by atoms with E-state index in [0.717, 1.165) is 12.1 Å². The zero-order valence-electron chi connectivity index (χ0n) is 18.9. The summed E-state index contributed by atoms with van der Waals surface area (Å²) >= 11 is 0. The van der Waals surface area contributed by atoms with E-state index in [0.29, 0.717) is 22.6 Å². The number of nitrogens with two attached hydrogens (primary N) is 1. The van der Waals surface area contributed by atoms with Crippen molar-refractivity contribution in [2.24, 2.45) is 0 Å². The van der Waals surface area contributed by atoms with Crippen LogP contribution >= 0.6 is 0 Å². The maximum Gasteiger partial charge on any atom is 0.416 e. The van der Waals surface area contributed by atoms with Gasteiger partial charge in [0.2, 0.25) is 0 Å². The highest BCUT2D eigenvalue weighted by Crippen LogP contribution is 2.30. The van der Waals surface area contributed by atoms with E-state index in [2.05, 4.69) is 20.6 Å². The van der Waals surface area contributed by atoms with Crippen molar-refractivity contribution in [3.05, 3.63) is 77.1 Å². The molecule has 0 atom stereocenters. The van der Waals surface area contributed by atoms with Crippen LogP contribution in [-0.2, 0) is 12.6 Å². The summed E-state index contributed by atoms with van der Waals surface area (Å²) in [7, 11) is 0. The van der Waals surface area contributed by atoms with Gasteiger partial charge >= 0.3 is 6.18 Å². The fraction of sp³-hybridized carbons (Fsp3) is 0.250. The van der Waals surface area contributed by atoms with Crippen LogP contribution in [0.15, 0.2) is 54.9 Å². The predicted octanol–water partition coefficient (Wildman–Crippen LogP) is 5.15. The van der Waals surface area contributed by atoms with Crippen LogP contribution in [0.3, 0.4) is 0 Å². The molecule has 34 heavy (non-hydrogen) atoms. The Hall–Kier alpha value is -3.95. The fourth-order valence-electron chi connectivity index (χ4n) is 3.24. The first kappa shape index (κ1) is 24.7. The third-order valence-electron chi connectivity index (χ3n) is 4.69. The molecule has 2 aromatic carbocycles. The van der Waals surface area contributed by atoms with Gasteiger partial charge < -0.3 is 21.8 Å². The van der Waals surface area contributed by atoms with Gasteiger partial charge in [-0.3, -0.25) is 4.79 Å². The van der Waals surface area contributed by atoms with Crippen molar-refractivity contribution in [1.82, 2.24) is 9.97 Å². The third kappa shape index (κ3) is 6.31. The average Bonchev–Trinajstić information content (AvgIpc) is 2.72. The van der Waals surface area contributed by atoms with Crippen molar-refractivity contribution in [2.45, 2.75) is 38.9 Å². The number of anilines is 3. The van der Waals surface area contributed by atoms with E-state index in [4.69, 9.17) is 11.1 Å². The molecule has 0 saturated heterocycles. The largest absolute Gasteiger partial charge is 0.416 e. The standard InChI is InChI=1S/C24H25F3N6O/c1-23(2,3)33-21-19(20(29)30-13-31-21)18(28)11-14-6-4-9-17(10-14)32-22(34)15-7-5-8-16(12-15)24(25,26)27/h4-10,12-13,28H,11H2,1-3H3,(H,32,34)(H3,29,30,31,33). The number of benzene rings is 2. The summed E-state index contributed by atoms with van der Waals surface area (Å²) in [5.41, 5.74) is 6.34. The zero-order valence-corrected chi connectivity index (χ0v) is 18.9. The molecule has 0 aliphatic heterocycles. The topological polar surface area (TPSA) is 117 Å². The summed E-state index contributed by atoms with van der Waals surface area (Å²) in [6.07, 6.45) is -3.05. The van der Waals surface area contributed by atoms with Gasteiger partial charge in [-0.05, 0) is 56.7 Å². The number of carbonyl (C=O) groups excluding carboxylic acids is 1. The molecular formula is C24H25F3N6O. The first-order valence-electron chi connectivity index (χ1n) is 10.4. The molecule has 0 unspecified atom stereocenters. The molecule has 0 saturated carbocycles. The summed E-state index contributed by atoms with van der Waals surface area (Å²) in [5.74, 6) is -0.0598. The molecule has 0 aliphatic carbocycles. The molecule has 1 amide bonds. The van der Waals surface area contributed by atoms with E-state index in [1.807, 2.05) is 20.8 Å². The minimum atomic E-state index is -4.54. The monoisotopic (exact) mass is 470 g/mol. The molecule has 3 aromatic rings. The number of aromatic nitrogens is 2. The summed E-state index contributed by atoms with van der Waals surface area (Å²) in [4.78, 5) is 20.7. The van der Waals surface area contributed by atoms with Crippen molar-refractivity contribution >= 4 is 28.9 Å². The SMILES string of the molecule is CC(C)(C)Nc1ncnc(N)c1C(=N)Cc1cccc(NC(=O)c2cccc(C(F)(F)F)c2)c1. The second-order valence-electron chi connectivity index (χ2n) is 8.75. The number of rotatable bonds is 6. The second kappa shape index (κ2) is 9.50. The van der Waals surface area contributed by atoms with E-state index < -0.39 is 17.6 Å². The summed E-state index contributed by atoms with van der Waals surface area (Å²) in [6.45, 7) is 5.86.